The van der Waals surface area contributed by atoms with Crippen LogP contribution >= 0.6 is 0 Å². The lowest BCUT2D eigenvalue weighted by Gasteiger charge is -2.22. The van der Waals surface area contributed by atoms with Gasteiger partial charge in [-0.1, -0.05) is 54.6 Å². The number of carbonyl (C=O) groups is 1. The number of ether oxygens (including phenoxy) is 1. The Morgan fingerprint density at radius 3 is 2.32 bits per heavy atom. The van der Waals surface area contributed by atoms with Gasteiger partial charge >= 0.3 is 0 Å². The molecule has 3 aromatic carbocycles. The van der Waals surface area contributed by atoms with Gasteiger partial charge in [0.2, 0.25) is 10.0 Å². The SMILES string of the molecule is CCNC(=O)c1cc(S(=O)(=O)N[C@@H](c2ccccc2)c2ccccc2C)ccc1OC. The normalized spacial score (nSPS) is 12.2. The Morgan fingerprint density at radius 2 is 1.68 bits per heavy atom. The number of nitrogens with one attached hydrogen (secondary N) is 2. The number of aryl methyl sites for hydroxylation is 1. The summed E-state index contributed by atoms with van der Waals surface area (Å²) in [6.07, 6.45) is 0. The van der Waals surface area contributed by atoms with Gasteiger partial charge in [0.15, 0.2) is 0 Å². The molecule has 6 nitrogen and oxygen atoms in total. The minimum atomic E-state index is -3.95. The van der Waals surface area contributed by atoms with Gasteiger partial charge in [-0.15, -0.1) is 0 Å². The maximum absolute atomic E-state index is 13.3. The molecule has 0 unspecified atom stereocenters. The Bertz CT molecular complexity index is 1160. The van der Waals surface area contributed by atoms with E-state index in [-0.39, 0.29) is 10.5 Å². The lowest BCUT2D eigenvalue weighted by molar-refractivity contribution is 0.0952. The van der Waals surface area contributed by atoms with Crippen molar-refractivity contribution >= 4 is 15.9 Å². The van der Waals surface area contributed by atoms with Crippen LogP contribution in [0.1, 0.15) is 40.0 Å². The van der Waals surface area contributed by atoms with Crippen LogP contribution in [0.4, 0.5) is 0 Å². The largest absolute Gasteiger partial charge is 0.496 e. The second-order valence-corrected chi connectivity index (χ2v) is 8.76. The lowest BCUT2D eigenvalue weighted by Crippen LogP contribution is -2.30. The standard InChI is InChI=1S/C24H26N2O4S/c1-4-25-24(27)21-16-19(14-15-22(21)30-3)31(28,29)26-23(18-11-6-5-7-12-18)20-13-9-8-10-17(20)2/h5-16,23,26H,4H2,1-3H3,(H,25,27)/t23-/m0/s1. The molecule has 31 heavy (non-hydrogen) atoms. The van der Waals surface area contributed by atoms with Gasteiger partial charge in [0.25, 0.3) is 5.91 Å². The van der Waals surface area contributed by atoms with Crippen LogP contribution in [-0.2, 0) is 10.0 Å². The molecule has 0 spiro atoms. The first-order valence-corrected chi connectivity index (χ1v) is 11.4. The van der Waals surface area contributed by atoms with E-state index in [0.717, 1.165) is 16.7 Å². The molecule has 2 N–H and O–H groups in total. The van der Waals surface area contributed by atoms with Crippen molar-refractivity contribution < 1.29 is 17.9 Å². The van der Waals surface area contributed by atoms with Crippen molar-refractivity contribution in [2.45, 2.75) is 24.8 Å². The Morgan fingerprint density at radius 1 is 1.00 bits per heavy atom. The molecule has 0 aromatic heterocycles. The quantitative estimate of drug-likeness (QED) is 0.560. The topological polar surface area (TPSA) is 84.5 Å². The van der Waals surface area contributed by atoms with Crippen LogP contribution in [-0.4, -0.2) is 28.0 Å². The fraction of sp³-hybridized carbons (Fsp3) is 0.208. The molecule has 1 amide bonds. The molecule has 0 fully saturated rings. The maximum atomic E-state index is 13.3. The molecule has 0 bridgehead atoms. The third kappa shape index (κ3) is 5.13. The van der Waals surface area contributed by atoms with Crippen LogP contribution < -0.4 is 14.8 Å². The minimum Gasteiger partial charge on any atom is -0.496 e. The van der Waals surface area contributed by atoms with E-state index in [0.29, 0.717) is 12.3 Å². The number of hydrogen-bond acceptors (Lipinski definition) is 4. The average Bonchev–Trinajstić information content (AvgIpc) is 2.78. The summed E-state index contributed by atoms with van der Waals surface area (Å²) in [6, 6.07) is 20.7. The number of carbonyl (C=O) groups excluding carboxylic acids is 1. The highest BCUT2D eigenvalue weighted by atomic mass is 32.2. The fourth-order valence-electron chi connectivity index (χ4n) is 3.38. The van der Waals surface area contributed by atoms with Crippen molar-refractivity contribution in [1.82, 2.24) is 10.0 Å². The number of amides is 1. The monoisotopic (exact) mass is 438 g/mol. The van der Waals surface area contributed by atoms with Gasteiger partial charge in [-0.2, -0.15) is 4.72 Å². The van der Waals surface area contributed by atoms with Crippen LogP contribution in [0.5, 0.6) is 5.75 Å². The minimum absolute atomic E-state index is 0.0101. The number of hydrogen-bond donors (Lipinski definition) is 2. The second-order valence-electron chi connectivity index (χ2n) is 7.04. The van der Waals surface area contributed by atoms with Crippen LogP contribution in [0.3, 0.4) is 0 Å². The molecule has 0 radical (unpaired) electrons. The first-order valence-electron chi connectivity index (χ1n) is 9.96. The highest BCUT2D eigenvalue weighted by Crippen LogP contribution is 2.28. The smallest absolute Gasteiger partial charge is 0.255 e. The summed E-state index contributed by atoms with van der Waals surface area (Å²) in [5, 5.41) is 2.68. The van der Waals surface area contributed by atoms with E-state index in [2.05, 4.69) is 10.0 Å². The highest BCUT2D eigenvalue weighted by molar-refractivity contribution is 7.89. The van der Waals surface area contributed by atoms with E-state index in [1.54, 1.807) is 6.92 Å². The second kappa shape index (κ2) is 9.76. The Hall–Kier alpha value is -3.16. The van der Waals surface area contributed by atoms with E-state index in [1.807, 2.05) is 61.5 Å². The molecule has 0 aliphatic carbocycles. The summed E-state index contributed by atoms with van der Waals surface area (Å²) >= 11 is 0. The van der Waals surface area contributed by atoms with Crippen molar-refractivity contribution in [2.75, 3.05) is 13.7 Å². The van der Waals surface area contributed by atoms with Crippen molar-refractivity contribution in [1.29, 1.82) is 0 Å². The van der Waals surface area contributed by atoms with Gasteiger partial charge in [-0.3, -0.25) is 4.79 Å². The Kier molecular flexibility index (Phi) is 7.09. The first-order chi connectivity index (χ1) is 14.9. The summed E-state index contributed by atoms with van der Waals surface area (Å²) in [4.78, 5) is 12.4. The number of sulfonamides is 1. The summed E-state index contributed by atoms with van der Waals surface area (Å²) in [7, 11) is -2.52. The number of benzene rings is 3. The molecule has 0 aliphatic rings. The summed E-state index contributed by atoms with van der Waals surface area (Å²) < 4.78 is 34.8. The van der Waals surface area contributed by atoms with Gasteiger partial charge in [-0.05, 0) is 48.7 Å². The van der Waals surface area contributed by atoms with E-state index < -0.39 is 22.0 Å². The van der Waals surface area contributed by atoms with Crippen molar-refractivity contribution in [3.63, 3.8) is 0 Å². The fourth-order valence-corrected chi connectivity index (χ4v) is 4.61. The molecule has 0 saturated carbocycles. The molecule has 1 atom stereocenters. The predicted octanol–water partition coefficient (Wildman–Crippen LogP) is 3.82. The third-order valence-electron chi connectivity index (χ3n) is 4.97. The van der Waals surface area contributed by atoms with Crippen molar-refractivity contribution in [3.8, 4) is 5.75 Å². The Balaban J connectivity index is 2.05. The van der Waals surface area contributed by atoms with Gasteiger partial charge in [0.05, 0.1) is 23.6 Å². The molecule has 3 rings (SSSR count). The number of methoxy groups -OCH3 is 1. The van der Waals surface area contributed by atoms with Crippen molar-refractivity contribution in [2.24, 2.45) is 0 Å². The summed E-state index contributed by atoms with van der Waals surface area (Å²) in [6.45, 7) is 4.15. The van der Waals surface area contributed by atoms with Gasteiger partial charge < -0.3 is 10.1 Å². The average molecular weight is 439 g/mol. The van der Waals surface area contributed by atoms with E-state index >= 15 is 0 Å². The molecule has 162 valence electrons. The zero-order valence-electron chi connectivity index (χ0n) is 17.8. The molecule has 7 heteroatoms. The Labute approximate surface area is 183 Å². The molecule has 3 aromatic rings. The zero-order valence-corrected chi connectivity index (χ0v) is 18.6. The van der Waals surface area contributed by atoms with E-state index in [9.17, 15) is 13.2 Å². The molecule has 0 saturated heterocycles. The molecular formula is C24H26N2O4S. The zero-order chi connectivity index (χ0) is 22.4. The predicted molar refractivity (Wildman–Crippen MR) is 121 cm³/mol. The summed E-state index contributed by atoms with van der Waals surface area (Å²) in [5.74, 6) is -0.0849. The lowest BCUT2D eigenvalue weighted by atomic mass is 9.96. The van der Waals surface area contributed by atoms with E-state index in [1.165, 1.54) is 25.3 Å². The van der Waals surface area contributed by atoms with E-state index in [4.69, 9.17) is 4.74 Å². The van der Waals surface area contributed by atoms with Gasteiger partial charge in [-0.25, -0.2) is 8.42 Å². The molecular weight excluding hydrogens is 412 g/mol. The molecule has 0 heterocycles. The van der Waals surface area contributed by atoms with Crippen molar-refractivity contribution in [3.05, 3.63) is 95.1 Å². The third-order valence-corrected chi connectivity index (χ3v) is 6.39. The first kappa shape index (κ1) is 22.5. The molecule has 0 aliphatic heterocycles. The van der Waals surface area contributed by atoms with Crippen LogP contribution in [0.15, 0.2) is 77.7 Å². The van der Waals surface area contributed by atoms with Crippen LogP contribution in [0, 0.1) is 6.92 Å². The van der Waals surface area contributed by atoms with Crippen LogP contribution in [0.2, 0.25) is 0 Å². The summed E-state index contributed by atoms with van der Waals surface area (Å²) in [5.41, 5.74) is 2.81. The number of rotatable bonds is 8. The maximum Gasteiger partial charge on any atom is 0.255 e. The van der Waals surface area contributed by atoms with Crippen LogP contribution in [0.25, 0.3) is 0 Å². The highest BCUT2D eigenvalue weighted by Gasteiger charge is 2.25. The van der Waals surface area contributed by atoms with Gasteiger partial charge in [0.1, 0.15) is 5.75 Å². The van der Waals surface area contributed by atoms with Gasteiger partial charge in [0, 0.05) is 6.54 Å².